The van der Waals surface area contributed by atoms with E-state index in [4.69, 9.17) is 0 Å². The van der Waals surface area contributed by atoms with Gasteiger partial charge in [0.05, 0.1) is 11.1 Å². The fraction of sp³-hybridized carbons (Fsp3) is 0.550. The van der Waals surface area contributed by atoms with Gasteiger partial charge in [-0.1, -0.05) is 13.0 Å². The molecule has 0 atom stereocenters. The highest BCUT2D eigenvalue weighted by molar-refractivity contribution is 6.24. The van der Waals surface area contributed by atoms with Gasteiger partial charge in [-0.2, -0.15) is 0 Å². The molecule has 124 valence electrons. The van der Waals surface area contributed by atoms with Crippen molar-refractivity contribution in [2.24, 2.45) is 5.92 Å². The van der Waals surface area contributed by atoms with Crippen molar-refractivity contribution in [1.29, 1.82) is 0 Å². The summed E-state index contributed by atoms with van der Waals surface area (Å²) in [5.41, 5.74) is 5.46. The normalized spacial score (nSPS) is 27.7. The van der Waals surface area contributed by atoms with Crippen molar-refractivity contribution in [2.45, 2.75) is 65.8 Å². The lowest BCUT2D eigenvalue weighted by atomic mass is 9.76. The van der Waals surface area contributed by atoms with Gasteiger partial charge in [0, 0.05) is 0 Å². The maximum atomic E-state index is 12.7. The number of carbonyl (C=O) groups excluding carboxylic acids is 1. The molecule has 3 rings (SSSR count). The van der Waals surface area contributed by atoms with E-state index >= 15 is 0 Å². The van der Waals surface area contributed by atoms with Crippen LogP contribution in [-0.4, -0.2) is 16.6 Å². The summed E-state index contributed by atoms with van der Waals surface area (Å²) in [6.45, 7) is 10.5. The van der Waals surface area contributed by atoms with Crippen molar-refractivity contribution < 1.29 is 9.90 Å². The van der Waals surface area contributed by atoms with Gasteiger partial charge in [0.25, 0.3) is 5.91 Å². The molecule has 3 heteroatoms. The van der Waals surface area contributed by atoms with Crippen LogP contribution in [0.3, 0.4) is 0 Å². The fourth-order valence-electron chi connectivity index (χ4n) is 4.20. The van der Waals surface area contributed by atoms with Crippen LogP contribution in [0.4, 0.5) is 0 Å². The molecule has 2 aliphatic rings. The first-order chi connectivity index (χ1) is 10.8. The summed E-state index contributed by atoms with van der Waals surface area (Å²) in [5, 5.41) is 14.1. The van der Waals surface area contributed by atoms with Gasteiger partial charge in [0.1, 0.15) is 5.76 Å². The molecule has 0 unspecified atom stereocenters. The molecule has 1 aromatic rings. The lowest BCUT2D eigenvalue weighted by Crippen LogP contribution is -2.47. The lowest BCUT2D eigenvalue weighted by molar-refractivity contribution is -0.116. The maximum absolute atomic E-state index is 12.7. The fourth-order valence-corrected chi connectivity index (χ4v) is 4.20. The van der Waals surface area contributed by atoms with Crippen LogP contribution >= 0.6 is 0 Å². The Hall–Kier alpha value is -1.77. The van der Waals surface area contributed by atoms with E-state index in [-0.39, 0.29) is 11.7 Å². The Morgan fingerprint density at radius 1 is 1.09 bits per heavy atom. The molecular weight excluding hydrogens is 286 g/mol. The Morgan fingerprint density at radius 3 is 2.30 bits per heavy atom. The first kappa shape index (κ1) is 16.1. The van der Waals surface area contributed by atoms with E-state index in [1.807, 2.05) is 13.8 Å². The van der Waals surface area contributed by atoms with E-state index in [0.29, 0.717) is 11.5 Å². The Kier molecular flexibility index (Phi) is 3.78. The maximum Gasteiger partial charge on any atom is 0.256 e. The highest BCUT2D eigenvalue weighted by atomic mass is 16.3. The lowest BCUT2D eigenvalue weighted by Gasteiger charge is -2.36. The van der Waals surface area contributed by atoms with Crippen LogP contribution in [0.15, 0.2) is 11.8 Å². The summed E-state index contributed by atoms with van der Waals surface area (Å²) in [5.74, 6) is 0.815. The Balaban J connectivity index is 2.14. The Bertz CT molecular complexity index is 707. The number of aliphatic hydroxyl groups excluding tert-OH is 1. The van der Waals surface area contributed by atoms with Gasteiger partial charge in [0.15, 0.2) is 0 Å². The first-order valence-electron chi connectivity index (χ1n) is 8.61. The number of hydrogen-bond acceptors (Lipinski definition) is 2. The van der Waals surface area contributed by atoms with Crippen LogP contribution in [0.1, 0.15) is 60.4 Å². The predicted octanol–water partition coefficient (Wildman–Crippen LogP) is 4.27. The molecule has 1 aliphatic heterocycles. The summed E-state index contributed by atoms with van der Waals surface area (Å²) in [6.07, 6.45) is 3.75. The second-order valence-electron chi connectivity index (χ2n) is 7.58. The van der Waals surface area contributed by atoms with Gasteiger partial charge >= 0.3 is 0 Å². The van der Waals surface area contributed by atoms with Crippen molar-refractivity contribution in [3.8, 4) is 0 Å². The third-order valence-corrected chi connectivity index (χ3v) is 6.00. The van der Waals surface area contributed by atoms with E-state index in [1.165, 1.54) is 11.1 Å². The third-order valence-electron chi connectivity index (χ3n) is 6.00. The van der Waals surface area contributed by atoms with Crippen molar-refractivity contribution in [1.82, 2.24) is 5.32 Å². The number of rotatable bonds is 1. The molecule has 0 aromatic heterocycles. The molecule has 2 N–H and O–H groups in total. The van der Waals surface area contributed by atoms with Crippen molar-refractivity contribution in [2.75, 3.05) is 0 Å². The minimum Gasteiger partial charge on any atom is -0.509 e. The molecule has 1 spiro atoms. The molecule has 0 saturated heterocycles. The summed E-state index contributed by atoms with van der Waals surface area (Å²) in [6, 6.07) is 2.11. The van der Waals surface area contributed by atoms with E-state index < -0.39 is 5.54 Å². The van der Waals surface area contributed by atoms with E-state index in [2.05, 4.69) is 32.2 Å². The van der Waals surface area contributed by atoms with Crippen LogP contribution in [0.2, 0.25) is 0 Å². The second kappa shape index (κ2) is 5.40. The van der Waals surface area contributed by atoms with E-state index in [0.717, 1.165) is 42.4 Å². The molecule has 0 bridgehead atoms. The van der Waals surface area contributed by atoms with Crippen LogP contribution in [0.5, 0.6) is 0 Å². The standard InChI is InChI=1S/C20H27NO2/c1-11-6-8-20(9-7-11)18(22)17(19(23)21-20)16-13(3)10-12(2)14(4)15(16)5/h10-11,22H,6-9H2,1-5H3,(H,21,23). The largest absolute Gasteiger partial charge is 0.509 e. The van der Waals surface area contributed by atoms with Crippen molar-refractivity contribution in [3.63, 3.8) is 0 Å². The van der Waals surface area contributed by atoms with E-state index in [1.54, 1.807) is 0 Å². The van der Waals surface area contributed by atoms with Gasteiger partial charge in [-0.3, -0.25) is 4.79 Å². The summed E-state index contributed by atoms with van der Waals surface area (Å²) in [4.78, 5) is 12.7. The smallest absolute Gasteiger partial charge is 0.256 e. The highest BCUT2D eigenvalue weighted by Gasteiger charge is 2.47. The Morgan fingerprint density at radius 2 is 1.70 bits per heavy atom. The van der Waals surface area contributed by atoms with Crippen LogP contribution in [0, 0.1) is 33.6 Å². The summed E-state index contributed by atoms with van der Waals surface area (Å²) >= 11 is 0. The molecule has 1 saturated carbocycles. The molecule has 1 aliphatic carbocycles. The van der Waals surface area contributed by atoms with Gasteiger partial charge in [0.2, 0.25) is 0 Å². The number of nitrogens with one attached hydrogen (secondary N) is 1. The first-order valence-corrected chi connectivity index (χ1v) is 8.61. The summed E-state index contributed by atoms with van der Waals surface area (Å²) < 4.78 is 0. The molecule has 1 heterocycles. The predicted molar refractivity (Wildman–Crippen MR) is 93.4 cm³/mol. The number of aliphatic hydroxyl groups is 1. The molecule has 1 amide bonds. The van der Waals surface area contributed by atoms with Gasteiger partial charge in [-0.15, -0.1) is 0 Å². The van der Waals surface area contributed by atoms with Crippen LogP contribution < -0.4 is 5.32 Å². The van der Waals surface area contributed by atoms with Crippen LogP contribution in [-0.2, 0) is 4.79 Å². The molecule has 1 fully saturated rings. The Labute approximate surface area is 138 Å². The molecule has 1 aromatic carbocycles. The minimum absolute atomic E-state index is 0.119. The zero-order valence-electron chi connectivity index (χ0n) is 14.8. The van der Waals surface area contributed by atoms with E-state index in [9.17, 15) is 9.90 Å². The topological polar surface area (TPSA) is 49.3 Å². The molecule has 23 heavy (non-hydrogen) atoms. The zero-order chi connectivity index (χ0) is 16.9. The van der Waals surface area contributed by atoms with Crippen molar-refractivity contribution in [3.05, 3.63) is 39.6 Å². The van der Waals surface area contributed by atoms with Crippen molar-refractivity contribution >= 4 is 11.5 Å². The second-order valence-corrected chi connectivity index (χ2v) is 7.58. The number of amides is 1. The minimum atomic E-state index is -0.531. The number of hydrogen-bond donors (Lipinski definition) is 2. The van der Waals surface area contributed by atoms with Gasteiger partial charge in [-0.05, 0) is 87.1 Å². The molecule has 0 radical (unpaired) electrons. The number of benzene rings is 1. The van der Waals surface area contributed by atoms with Gasteiger partial charge < -0.3 is 10.4 Å². The van der Waals surface area contributed by atoms with Crippen LogP contribution in [0.25, 0.3) is 5.57 Å². The monoisotopic (exact) mass is 313 g/mol. The number of aryl methyl sites for hydroxylation is 2. The number of carbonyl (C=O) groups is 1. The van der Waals surface area contributed by atoms with Gasteiger partial charge in [-0.25, -0.2) is 0 Å². The molecule has 3 nitrogen and oxygen atoms in total. The molecular formula is C20H27NO2. The zero-order valence-corrected chi connectivity index (χ0v) is 14.8. The third kappa shape index (κ3) is 2.37. The average molecular weight is 313 g/mol. The quantitative estimate of drug-likeness (QED) is 0.813. The summed E-state index contributed by atoms with van der Waals surface area (Å²) in [7, 11) is 0. The highest BCUT2D eigenvalue weighted by Crippen LogP contribution is 2.44. The average Bonchev–Trinajstić information content (AvgIpc) is 2.73. The SMILES string of the molecule is Cc1cc(C)c(C2=C(O)C3(CCC(C)CC3)NC2=O)c(C)c1C.